The van der Waals surface area contributed by atoms with Crippen molar-refractivity contribution < 1.29 is 9.53 Å². The molecule has 3 heterocycles. The summed E-state index contributed by atoms with van der Waals surface area (Å²) in [6.07, 6.45) is 8.58. The summed E-state index contributed by atoms with van der Waals surface area (Å²) < 4.78 is 6.91. The van der Waals surface area contributed by atoms with Crippen LogP contribution >= 0.6 is 0 Å². The highest BCUT2D eigenvalue weighted by Gasteiger charge is 2.25. The van der Waals surface area contributed by atoms with Crippen LogP contribution in [0.2, 0.25) is 0 Å². The number of pyridine rings is 2. The van der Waals surface area contributed by atoms with Gasteiger partial charge in [-0.3, -0.25) is 20.6 Å². The van der Waals surface area contributed by atoms with Gasteiger partial charge in [0.2, 0.25) is 5.88 Å². The number of hydrogen-bond donors (Lipinski definition) is 3. The molecule has 0 radical (unpaired) electrons. The Balaban J connectivity index is 1.56. The zero-order valence-corrected chi connectivity index (χ0v) is 18.7. The van der Waals surface area contributed by atoms with Crippen LogP contribution in [0.25, 0.3) is 5.69 Å². The van der Waals surface area contributed by atoms with Gasteiger partial charge in [-0.25, -0.2) is 9.67 Å². The summed E-state index contributed by atoms with van der Waals surface area (Å²) in [6.45, 7) is 3.76. The van der Waals surface area contributed by atoms with Gasteiger partial charge >= 0.3 is 0 Å². The van der Waals surface area contributed by atoms with Crippen LogP contribution in [0.5, 0.6) is 5.88 Å². The number of nitrogens with zero attached hydrogens (tertiary/aromatic N) is 5. The van der Waals surface area contributed by atoms with Gasteiger partial charge in [0.15, 0.2) is 5.84 Å². The average molecular weight is 447 g/mol. The van der Waals surface area contributed by atoms with Crippen molar-refractivity contribution >= 4 is 23.9 Å². The van der Waals surface area contributed by atoms with Gasteiger partial charge < -0.3 is 15.0 Å². The van der Waals surface area contributed by atoms with E-state index < -0.39 is 5.91 Å². The summed E-state index contributed by atoms with van der Waals surface area (Å²) in [7, 11) is 1.46. The molecular formula is C23H26N8O2. The van der Waals surface area contributed by atoms with E-state index in [1.54, 1.807) is 35.3 Å². The number of anilines is 1. The molecule has 3 aromatic rings. The van der Waals surface area contributed by atoms with E-state index in [0.29, 0.717) is 11.6 Å². The fourth-order valence-corrected chi connectivity index (χ4v) is 3.43. The maximum atomic E-state index is 13.0. The minimum Gasteiger partial charge on any atom is -0.479 e. The monoisotopic (exact) mass is 446 g/mol. The molecule has 1 fully saturated rings. The number of rotatable bonds is 8. The first-order valence-corrected chi connectivity index (χ1v) is 10.7. The maximum Gasteiger partial charge on any atom is 0.263 e. The molecule has 3 N–H and O–H groups in total. The zero-order chi connectivity index (χ0) is 23.5. The second-order valence-corrected chi connectivity index (χ2v) is 8.09. The van der Waals surface area contributed by atoms with Crippen LogP contribution in [0.3, 0.4) is 0 Å². The Morgan fingerprint density at radius 3 is 2.79 bits per heavy atom. The van der Waals surface area contributed by atoms with Gasteiger partial charge in [-0.1, -0.05) is 6.07 Å². The molecule has 33 heavy (non-hydrogen) atoms. The third-order valence-corrected chi connectivity index (χ3v) is 5.36. The predicted molar refractivity (Wildman–Crippen MR) is 125 cm³/mol. The molecule has 3 aromatic heterocycles. The van der Waals surface area contributed by atoms with Crippen molar-refractivity contribution in [2.45, 2.75) is 38.6 Å². The highest BCUT2D eigenvalue weighted by molar-refractivity contribution is 6.06. The number of methoxy groups -OCH3 is 1. The molecule has 1 amide bonds. The number of aromatic nitrogens is 4. The van der Waals surface area contributed by atoms with Crippen molar-refractivity contribution in [2.24, 2.45) is 0 Å². The lowest BCUT2D eigenvalue weighted by atomic mass is 10.2. The predicted octanol–water partition coefficient (Wildman–Crippen LogP) is 3.44. The van der Waals surface area contributed by atoms with Crippen LogP contribution in [-0.2, 0) is 0 Å². The Labute approximate surface area is 191 Å². The number of ether oxygens (including phenoxy) is 1. The Hall–Kier alpha value is -4.08. The number of amidine groups is 1. The Bertz CT molecular complexity index is 1200. The van der Waals surface area contributed by atoms with Crippen LogP contribution < -0.4 is 10.1 Å². The molecule has 170 valence electrons. The highest BCUT2D eigenvalue weighted by Crippen LogP contribution is 2.40. The van der Waals surface area contributed by atoms with Gasteiger partial charge in [-0.2, -0.15) is 0 Å². The summed E-state index contributed by atoms with van der Waals surface area (Å²) >= 11 is 0. The van der Waals surface area contributed by atoms with Gasteiger partial charge in [0, 0.05) is 18.4 Å². The summed E-state index contributed by atoms with van der Waals surface area (Å²) in [4.78, 5) is 23.2. The number of carbonyl (C=O) groups is 1. The Kier molecular flexibility index (Phi) is 6.16. The van der Waals surface area contributed by atoms with Crippen molar-refractivity contribution in [1.82, 2.24) is 24.6 Å². The minimum absolute atomic E-state index is 0.0712. The normalized spacial score (nSPS) is 13.0. The molecule has 1 aliphatic carbocycles. The first-order valence-electron chi connectivity index (χ1n) is 10.7. The van der Waals surface area contributed by atoms with E-state index in [1.807, 2.05) is 26.1 Å². The lowest BCUT2D eigenvalue weighted by molar-refractivity contribution is 0.102. The summed E-state index contributed by atoms with van der Waals surface area (Å²) in [5, 5.41) is 23.0. The number of nitrogens with one attached hydrogen (secondary N) is 3. The van der Waals surface area contributed by atoms with Crippen LogP contribution in [0.1, 0.15) is 54.2 Å². The third kappa shape index (κ3) is 4.74. The third-order valence-electron chi connectivity index (χ3n) is 5.36. The van der Waals surface area contributed by atoms with E-state index in [0.717, 1.165) is 17.6 Å². The van der Waals surface area contributed by atoms with Crippen molar-refractivity contribution in [1.29, 1.82) is 10.8 Å². The maximum absolute atomic E-state index is 13.0. The van der Waals surface area contributed by atoms with Gasteiger partial charge in [0.25, 0.3) is 5.91 Å². The molecule has 0 spiro atoms. The fourth-order valence-electron chi connectivity index (χ4n) is 3.43. The van der Waals surface area contributed by atoms with Crippen molar-refractivity contribution in [2.75, 3.05) is 12.4 Å². The molecule has 0 atom stereocenters. The standard InChI is InChI=1S/C23H26N8O2/c1-14(2)30(13-24)21(25)19-5-4-6-20(27-19)28-22(32)18-12-31(29-23(18)33-3)17-9-16(10-26-11-17)15-7-8-15/h4-6,9-15,24-25H,7-8H2,1-3H3,(H,27,28,32). The minimum atomic E-state index is -0.437. The van der Waals surface area contributed by atoms with Crippen molar-refractivity contribution in [3.63, 3.8) is 0 Å². The van der Waals surface area contributed by atoms with Gasteiger partial charge in [0.1, 0.15) is 17.1 Å². The van der Waals surface area contributed by atoms with Crippen LogP contribution in [0.4, 0.5) is 5.82 Å². The molecule has 0 saturated heterocycles. The van der Waals surface area contributed by atoms with Crippen LogP contribution in [-0.4, -0.2) is 55.9 Å². The number of amides is 1. The quantitative estimate of drug-likeness (QED) is 0.359. The van der Waals surface area contributed by atoms with E-state index in [9.17, 15) is 4.79 Å². The van der Waals surface area contributed by atoms with Crippen LogP contribution in [0.15, 0.2) is 42.9 Å². The van der Waals surface area contributed by atoms with Crippen molar-refractivity contribution in [3.8, 4) is 11.6 Å². The van der Waals surface area contributed by atoms with E-state index in [2.05, 4.69) is 20.4 Å². The molecule has 10 nitrogen and oxygen atoms in total. The molecule has 0 aromatic carbocycles. The number of carbonyl (C=O) groups excluding carboxylic acids is 1. The number of hydrogen-bond acceptors (Lipinski definition) is 7. The molecule has 0 bridgehead atoms. The molecule has 1 aliphatic rings. The molecule has 4 rings (SSSR count). The largest absolute Gasteiger partial charge is 0.479 e. The molecular weight excluding hydrogens is 420 g/mol. The molecule has 0 aliphatic heterocycles. The summed E-state index contributed by atoms with van der Waals surface area (Å²) in [6, 6.07) is 6.95. The SMILES string of the molecule is COc1nn(-c2cncc(C3CC3)c2)cc1C(=O)Nc1cccc(C(=N)N(C=N)C(C)C)n1. The Morgan fingerprint density at radius 1 is 1.33 bits per heavy atom. The van der Waals surface area contributed by atoms with Gasteiger partial charge in [-0.05, 0) is 56.4 Å². The topological polar surface area (TPSA) is 133 Å². The highest BCUT2D eigenvalue weighted by atomic mass is 16.5. The lowest BCUT2D eigenvalue weighted by Gasteiger charge is -2.23. The van der Waals surface area contributed by atoms with E-state index in [-0.39, 0.29) is 29.1 Å². The fraction of sp³-hybridized carbons (Fsp3) is 0.304. The first kappa shape index (κ1) is 22.1. The van der Waals surface area contributed by atoms with Crippen LogP contribution in [0, 0.1) is 10.8 Å². The zero-order valence-electron chi connectivity index (χ0n) is 18.7. The second-order valence-electron chi connectivity index (χ2n) is 8.09. The smallest absolute Gasteiger partial charge is 0.263 e. The van der Waals surface area contributed by atoms with Crippen molar-refractivity contribution in [3.05, 3.63) is 59.7 Å². The lowest BCUT2D eigenvalue weighted by Crippen LogP contribution is -2.36. The average Bonchev–Trinajstić information content (AvgIpc) is 3.57. The second kappa shape index (κ2) is 9.19. The molecule has 10 heteroatoms. The van der Waals surface area contributed by atoms with E-state index >= 15 is 0 Å². The molecule has 0 unspecified atom stereocenters. The summed E-state index contributed by atoms with van der Waals surface area (Å²) in [5.74, 6) is 0.651. The van der Waals surface area contributed by atoms with Gasteiger partial charge in [0.05, 0.1) is 25.3 Å². The van der Waals surface area contributed by atoms with E-state index in [4.69, 9.17) is 15.6 Å². The van der Waals surface area contributed by atoms with E-state index in [1.165, 1.54) is 24.9 Å². The summed E-state index contributed by atoms with van der Waals surface area (Å²) in [5.41, 5.74) is 2.51. The Morgan fingerprint density at radius 2 is 2.12 bits per heavy atom. The first-order chi connectivity index (χ1) is 15.9. The molecule has 1 saturated carbocycles. The van der Waals surface area contributed by atoms with Gasteiger partial charge in [-0.15, -0.1) is 5.10 Å².